The Morgan fingerprint density at radius 3 is 2.74 bits per heavy atom. The number of carbonyl (C=O) groups is 1. The molecule has 4 unspecified atom stereocenters. The van der Waals surface area contributed by atoms with E-state index in [0.717, 1.165) is 29.6 Å². The predicted octanol–water partition coefficient (Wildman–Crippen LogP) is 4.39. The molecule has 1 aromatic heterocycles. The van der Waals surface area contributed by atoms with Crippen LogP contribution in [0.25, 0.3) is 10.1 Å². The number of carbonyl (C=O) groups excluding carboxylic acids is 1. The largest absolute Gasteiger partial charge is 0.482 e. The fourth-order valence-electron chi connectivity index (χ4n) is 5.70. The number of aliphatic imine (C=N–C) groups is 2. The van der Waals surface area contributed by atoms with Gasteiger partial charge in [-0.05, 0) is 64.1 Å². The Hall–Kier alpha value is -3.40. The maximum atomic E-state index is 13.9. The number of hydroxylamine groups is 1. The maximum absolute atomic E-state index is 13.9. The number of piperidine rings is 1. The number of likely N-dealkylation sites (tertiary alicyclic amines) is 1. The predicted molar refractivity (Wildman–Crippen MR) is 175 cm³/mol. The Labute approximate surface area is 271 Å². The van der Waals surface area contributed by atoms with E-state index in [9.17, 15) is 23.1 Å². The highest BCUT2D eigenvalue weighted by Crippen LogP contribution is 2.43. The van der Waals surface area contributed by atoms with Crippen LogP contribution in [0.2, 0.25) is 0 Å². The lowest BCUT2D eigenvalue weighted by molar-refractivity contribution is -0.127. The van der Waals surface area contributed by atoms with Gasteiger partial charge in [-0.15, -0.1) is 16.8 Å². The number of methoxy groups -OCH3 is 1. The van der Waals surface area contributed by atoms with Gasteiger partial charge in [-0.25, -0.2) is 4.99 Å². The summed E-state index contributed by atoms with van der Waals surface area (Å²) < 4.78 is 47.3. The first-order valence-corrected chi connectivity index (χ1v) is 16.0. The third-order valence-electron chi connectivity index (χ3n) is 8.15. The summed E-state index contributed by atoms with van der Waals surface area (Å²) in [7, 11) is 3.44. The Balaban J connectivity index is 1.56. The van der Waals surface area contributed by atoms with E-state index in [1.54, 1.807) is 26.0 Å². The first-order chi connectivity index (χ1) is 21.6. The number of aliphatic hydroxyl groups is 1. The van der Waals surface area contributed by atoms with Crippen molar-refractivity contribution in [1.29, 1.82) is 0 Å². The van der Waals surface area contributed by atoms with E-state index in [4.69, 9.17) is 15.3 Å². The Morgan fingerprint density at radius 2 is 2.09 bits per heavy atom. The molecule has 1 fully saturated rings. The number of ether oxygens (including phenoxy) is 1. The molecule has 1 aromatic carbocycles. The van der Waals surface area contributed by atoms with Crippen molar-refractivity contribution in [3.05, 3.63) is 40.1 Å². The third-order valence-corrected chi connectivity index (χ3v) is 9.48. The molecule has 1 amide bonds. The molecule has 2 aliphatic rings. The van der Waals surface area contributed by atoms with Gasteiger partial charge in [0.1, 0.15) is 5.57 Å². The Kier molecular flexibility index (Phi) is 11.2. The van der Waals surface area contributed by atoms with Gasteiger partial charge < -0.3 is 35.9 Å². The van der Waals surface area contributed by atoms with E-state index in [1.807, 2.05) is 6.07 Å². The zero-order chi connectivity index (χ0) is 33.8. The van der Waals surface area contributed by atoms with Gasteiger partial charge in [0.15, 0.2) is 12.0 Å². The smallest absolute Gasteiger partial charge is 0.393 e. The molecule has 46 heavy (non-hydrogen) atoms. The summed E-state index contributed by atoms with van der Waals surface area (Å²) in [6.07, 6.45) is -2.39. The summed E-state index contributed by atoms with van der Waals surface area (Å²) in [6.45, 7) is 7.34. The van der Waals surface area contributed by atoms with Gasteiger partial charge in [0.25, 0.3) is 5.91 Å². The quantitative estimate of drug-likeness (QED) is 0.127. The molecule has 2 aromatic rings. The molecule has 6 N–H and O–H groups in total. The lowest BCUT2D eigenvalue weighted by Crippen LogP contribution is -2.48. The molecule has 3 heterocycles. The van der Waals surface area contributed by atoms with Crippen LogP contribution in [0.3, 0.4) is 0 Å². The number of anilines is 1. The third kappa shape index (κ3) is 8.90. The number of benzene rings is 1. The Bertz CT molecular complexity index is 1480. The van der Waals surface area contributed by atoms with Gasteiger partial charge in [0.2, 0.25) is 5.90 Å². The van der Waals surface area contributed by atoms with Crippen LogP contribution in [-0.2, 0) is 20.8 Å². The number of nitrogens with zero attached hydrogens (tertiary/aromatic N) is 3. The van der Waals surface area contributed by atoms with Crippen molar-refractivity contribution in [2.75, 3.05) is 32.6 Å². The van der Waals surface area contributed by atoms with Crippen molar-refractivity contribution in [2.24, 2.45) is 15.7 Å². The molecule has 254 valence electrons. The molecule has 0 bridgehead atoms. The van der Waals surface area contributed by atoms with Gasteiger partial charge in [0, 0.05) is 24.3 Å². The second-order valence-corrected chi connectivity index (χ2v) is 13.5. The van der Waals surface area contributed by atoms with Crippen molar-refractivity contribution >= 4 is 45.1 Å². The van der Waals surface area contributed by atoms with E-state index in [1.165, 1.54) is 24.7 Å². The lowest BCUT2D eigenvalue weighted by atomic mass is 9.91. The number of rotatable bonds is 12. The normalized spacial score (nSPS) is 23.3. The molecular weight excluding hydrogens is 623 g/mol. The molecule has 1 saturated heterocycles. The number of alkyl halides is 3. The molecular formula is C31H44F3N7O4S. The summed E-state index contributed by atoms with van der Waals surface area (Å²) in [5.41, 5.74) is 8.31. The molecule has 2 aliphatic heterocycles. The summed E-state index contributed by atoms with van der Waals surface area (Å²) in [5, 5.41) is 16.7. The van der Waals surface area contributed by atoms with Crippen LogP contribution in [0, 0.1) is 0 Å². The summed E-state index contributed by atoms with van der Waals surface area (Å²) in [5.74, 6) is -0.757. The highest BCUT2D eigenvalue weighted by atomic mass is 32.1. The van der Waals surface area contributed by atoms with E-state index in [2.05, 4.69) is 51.9 Å². The number of hydrogen-bond acceptors (Lipinski definition) is 11. The number of fused-ring (bicyclic) bond motifs is 1. The molecule has 4 atom stereocenters. The minimum atomic E-state index is -4.44. The number of amides is 1. The van der Waals surface area contributed by atoms with Crippen LogP contribution in [0.5, 0.6) is 0 Å². The zero-order valence-electron chi connectivity index (χ0n) is 27.0. The van der Waals surface area contributed by atoms with Crippen molar-refractivity contribution < 1.29 is 32.6 Å². The average Bonchev–Trinajstić information content (AvgIpc) is 3.59. The van der Waals surface area contributed by atoms with E-state index in [0.29, 0.717) is 22.3 Å². The summed E-state index contributed by atoms with van der Waals surface area (Å²) in [4.78, 5) is 29.6. The monoisotopic (exact) mass is 667 g/mol. The lowest BCUT2D eigenvalue weighted by Gasteiger charge is -2.42. The number of hydrogen-bond donors (Lipinski definition) is 5. The van der Waals surface area contributed by atoms with Crippen molar-refractivity contribution in [1.82, 2.24) is 15.7 Å². The summed E-state index contributed by atoms with van der Waals surface area (Å²) in [6, 6.07) is 6.38. The number of nitrogens with one attached hydrogen (secondary N) is 3. The first kappa shape index (κ1) is 35.5. The summed E-state index contributed by atoms with van der Waals surface area (Å²) >= 11 is 1.25. The molecule has 4 rings (SSSR count). The standard InChI is InChI=1S/C31H44F3N7O4S/c1-7-19-12-18(11-17(2)41(19)5)38-23-10-8-9-20-21(13-31(32,33)34)26(46-25(20)23)28-39-24(45-40-28)15-37-29(42)22(27(35)44-6)14-36-16-30(3,4)43/h8-10,14,17-19,28,38,40,43H,7,11-13,15-16,35H2,1-6H3,(H,37,42)/b27-22-,36-14?. The van der Waals surface area contributed by atoms with Gasteiger partial charge in [-0.3, -0.25) is 9.79 Å². The molecule has 0 radical (unpaired) electrons. The molecule has 0 aliphatic carbocycles. The van der Waals surface area contributed by atoms with Gasteiger partial charge in [0.05, 0.1) is 47.5 Å². The topological polar surface area (TPSA) is 146 Å². The minimum absolute atomic E-state index is 0.0191. The van der Waals surface area contributed by atoms with Crippen LogP contribution in [0.4, 0.5) is 18.9 Å². The van der Waals surface area contributed by atoms with Gasteiger partial charge in [-0.2, -0.15) is 13.2 Å². The van der Waals surface area contributed by atoms with Crippen molar-refractivity contribution in [3.63, 3.8) is 0 Å². The van der Waals surface area contributed by atoms with Crippen LogP contribution in [0.15, 0.2) is 39.6 Å². The molecule has 15 heteroatoms. The minimum Gasteiger partial charge on any atom is -0.482 e. The second-order valence-electron chi connectivity index (χ2n) is 12.4. The highest BCUT2D eigenvalue weighted by Gasteiger charge is 2.35. The molecule has 11 nitrogen and oxygen atoms in total. The van der Waals surface area contributed by atoms with Crippen molar-refractivity contribution in [2.45, 2.75) is 89.4 Å². The number of thiophene rings is 1. The van der Waals surface area contributed by atoms with Crippen LogP contribution in [0.1, 0.15) is 63.6 Å². The maximum Gasteiger partial charge on any atom is 0.393 e. The van der Waals surface area contributed by atoms with E-state index in [-0.39, 0.29) is 42.0 Å². The van der Waals surface area contributed by atoms with Crippen LogP contribution < -0.4 is 21.8 Å². The number of nitrogens with two attached hydrogens (primary N) is 1. The van der Waals surface area contributed by atoms with E-state index < -0.39 is 30.3 Å². The van der Waals surface area contributed by atoms with Crippen LogP contribution in [-0.4, -0.2) is 85.2 Å². The second kappa shape index (κ2) is 14.6. The van der Waals surface area contributed by atoms with Gasteiger partial charge >= 0.3 is 6.18 Å². The molecule has 0 saturated carbocycles. The number of halogens is 3. The SMILES string of the molecule is CCC1CC(Nc2cccc3c(CC(F)(F)F)c(C4N=C(CNC(=O)/C(C=NCC(C)(C)O)=C(/N)OC)ON4)sc23)CC(C)N1C. The zero-order valence-corrected chi connectivity index (χ0v) is 27.8. The first-order valence-electron chi connectivity index (χ1n) is 15.2. The molecule has 0 spiro atoms. The highest BCUT2D eigenvalue weighted by molar-refractivity contribution is 7.20. The van der Waals surface area contributed by atoms with Crippen LogP contribution >= 0.6 is 11.3 Å². The van der Waals surface area contributed by atoms with Gasteiger partial charge in [-0.1, -0.05) is 19.1 Å². The fraction of sp³-hybridized carbons (Fsp3) is 0.581. The van der Waals surface area contributed by atoms with Crippen molar-refractivity contribution in [3.8, 4) is 0 Å². The van der Waals surface area contributed by atoms with E-state index >= 15 is 0 Å². The Morgan fingerprint density at radius 1 is 1.35 bits per heavy atom. The average molecular weight is 668 g/mol. The fourth-order valence-corrected chi connectivity index (χ4v) is 6.97.